The molecule has 0 spiro atoms. The normalized spacial score (nSPS) is 10.5. The van der Waals surface area contributed by atoms with Gasteiger partial charge in [-0.25, -0.2) is 4.98 Å². The molecule has 2 aromatic rings. The van der Waals surface area contributed by atoms with Crippen LogP contribution in [0.1, 0.15) is 11.3 Å². The fourth-order valence-corrected chi connectivity index (χ4v) is 1.80. The van der Waals surface area contributed by atoms with E-state index in [0.717, 1.165) is 11.2 Å². The van der Waals surface area contributed by atoms with Gasteiger partial charge in [0.15, 0.2) is 0 Å². The van der Waals surface area contributed by atoms with E-state index in [-0.39, 0.29) is 12.4 Å². The average Bonchev–Trinajstić information content (AvgIpc) is 2.32. The monoisotopic (exact) mass is 250 g/mol. The number of carbonyl (C=O) groups is 1. The number of hydrogen-bond acceptors (Lipinski definition) is 4. The van der Waals surface area contributed by atoms with E-state index >= 15 is 0 Å². The number of rotatable bonds is 2. The summed E-state index contributed by atoms with van der Waals surface area (Å²) in [6.07, 6.45) is 1.78. The Balaban J connectivity index is 2.61. The van der Waals surface area contributed by atoms with E-state index in [2.05, 4.69) is 14.7 Å². The molecule has 0 amide bonds. The number of methoxy groups -OCH3 is 1. The number of fused-ring (bicyclic) bond motifs is 1. The minimum atomic E-state index is -0.345. The van der Waals surface area contributed by atoms with Crippen LogP contribution in [0.4, 0.5) is 0 Å². The lowest BCUT2D eigenvalue weighted by molar-refractivity contribution is -0.139. The lowest BCUT2D eigenvalue weighted by atomic mass is 10.1. The third-order valence-electron chi connectivity index (χ3n) is 2.43. The van der Waals surface area contributed by atoms with Crippen molar-refractivity contribution in [3.8, 4) is 0 Å². The zero-order valence-corrected chi connectivity index (χ0v) is 10.3. The molecule has 5 heteroatoms. The van der Waals surface area contributed by atoms with Crippen LogP contribution in [-0.2, 0) is 16.0 Å². The highest BCUT2D eigenvalue weighted by Gasteiger charge is 2.13. The molecule has 17 heavy (non-hydrogen) atoms. The van der Waals surface area contributed by atoms with Crippen molar-refractivity contribution in [2.24, 2.45) is 0 Å². The fraction of sp³-hybridized carbons (Fsp3) is 0.250. The van der Waals surface area contributed by atoms with Gasteiger partial charge in [0.05, 0.1) is 30.3 Å². The second kappa shape index (κ2) is 4.67. The molecule has 0 aliphatic heterocycles. The Morgan fingerprint density at radius 3 is 2.94 bits per heavy atom. The molecule has 0 fully saturated rings. The molecule has 0 saturated carbocycles. The van der Waals surface area contributed by atoms with Gasteiger partial charge in [0.1, 0.15) is 0 Å². The Labute approximate surface area is 104 Å². The Kier molecular flexibility index (Phi) is 3.24. The minimum Gasteiger partial charge on any atom is -0.469 e. The maximum absolute atomic E-state index is 11.3. The van der Waals surface area contributed by atoms with E-state index in [4.69, 9.17) is 11.6 Å². The van der Waals surface area contributed by atoms with Gasteiger partial charge < -0.3 is 4.74 Å². The lowest BCUT2D eigenvalue weighted by Crippen LogP contribution is -2.06. The van der Waals surface area contributed by atoms with Crippen molar-refractivity contribution >= 4 is 28.6 Å². The topological polar surface area (TPSA) is 52.1 Å². The first kappa shape index (κ1) is 11.8. The van der Waals surface area contributed by atoms with E-state index in [1.165, 1.54) is 7.11 Å². The average molecular weight is 251 g/mol. The van der Waals surface area contributed by atoms with Crippen molar-refractivity contribution < 1.29 is 9.53 Å². The molecule has 1 aromatic carbocycles. The third-order valence-corrected chi connectivity index (χ3v) is 2.79. The highest BCUT2D eigenvalue weighted by Crippen LogP contribution is 2.24. The first-order valence-electron chi connectivity index (χ1n) is 5.09. The minimum absolute atomic E-state index is 0.102. The number of aromatic nitrogens is 2. The van der Waals surface area contributed by atoms with Gasteiger partial charge in [-0.1, -0.05) is 11.6 Å². The summed E-state index contributed by atoms with van der Waals surface area (Å²) in [5.74, 6) is -0.345. The number of benzene rings is 1. The highest BCUT2D eigenvalue weighted by molar-refractivity contribution is 6.32. The molecular weight excluding hydrogens is 240 g/mol. The maximum Gasteiger partial charge on any atom is 0.310 e. The standard InChI is InChI=1S/C12H11ClN2O2/c1-7-6-14-10-4-3-9(13)8(12(10)15-7)5-11(16)17-2/h3-4,6H,5H2,1-2H3. The summed E-state index contributed by atoms with van der Waals surface area (Å²) in [5.41, 5.74) is 2.82. The molecule has 0 radical (unpaired) electrons. The number of hydrogen-bond donors (Lipinski definition) is 0. The molecule has 2 rings (SSSR count). The molecule has 0 bridgehead atoms. The molecule has 0 N–H and O–H groups in total. The van der Waals surface area contributed by atoms with Gasteiger partial charge in [-0.3, -0.25) is 9.78 Å². The molecule has 88 valence electrons. The van der Waals surface area contributed by atoms with Crippen molar-refractivity contribution in [2.45, 2.75) is 13.3 Å². The van der Waals surface area contributed by atoms with Crippen molar-refractivity contribution in [3.63, 3.8) is 0 Å². The van der Waals surface area contributed by atoms with Gasteiger partial charge >= 0.3 is 5.97 Å². The van der Waals surface area contributed by atoms with Gasteiger partial charge in [0.25, 0.3) is 0 Å². The molecular formula is C12H11ClN2O2. The summed E-state index contributed by atoms with van der Waals surface area (Å²) in [6, 6.07) is 3.50. The lowest BCUT2D eigenvalue weighted by Gasteiger charge is -2.07. The third kappa shape index (κ3) is 2.36. The van der Waals surface area contributed by atoms with Gasteiger partial charge in [-0.05, 0) is 19.1 Å². The molecule has 4 nitrogen and oxygen atoms in total. The van der Waals surface area contributed by atoms with Crippen LogP contribution in [-0.4, -0.2) is 23.0 Å². The van der Waals surface area contributed by atoms with Gasteiger partial charge in [-0.2, -0.15) is 0 Å². The summed E-state index contributed by atoms with van der Waals surface area (Å²) in [5, 5.41) is 0.503. The maximum atomic E-state index is 11.3. The van der Waals surface area contributed by atoms with Crippen LogP contribution >= 0.6 is 11.6 Å². The van der Waals surface area contributed by atoms with Crippen LogP contribution in [0.3, 0.4) is 0 Å². The van der Waals surface area contributed by atoms with E-state index in [0.29, 0.717) is 16.1 Å². The number of esters is 1. The Bertz CT molecular complexity index is 579. The summed E-state index contributed by atoms with van der Waals surface area (Å²) in [6.45, 7) is 1.84. The first-order valence-corrected chi connectivity index (χ1v) is 5.47. The molecule has 0 aliphatic carbocycles. The SMILES string of the molecule is COC(=O)Cc1c(Cl)ccc2ncc(C)nc12. The Hall–Kier alpha value is -1.68. The zero-order chi connectivity index (χ0) is 12.4. The van der Waals surface area contributed by atoms with Crippen LogP contribution < -0.4 is 0 Å². The van der Waals surface area contributed by atoms with Crippen LogP contribution in [0.2, 0.25) is 5.02 Å². The number of ether oxygens (including phenoxy) is 1. The van der Waals surface area contributed by atoms with E-state index in [1.54, 1.807) is 18.3 Å². The summed E-state index contributed by atoms with van der Waals surface area (Å²) >= 11 is 6.08. The van der Waals surface area contributed by atoms with Gasteiger partial charge in [-0.15, -0.1) is 0 Å². The predicted octanol–water partition coefficient (Wildman–Crippen LogP) is 2.31. The zero-order valence-electron chi connectivity index (χ0n) is 9.53. The second-order valence-electron chi connectivity index (χ2n) is 3.66. The quantitative estimate of drug-likeness (QED) is 0.768. The van der Waals surface area contributed by atoms with Gasteiger partial charge in [0.2, 0.25) is 0 Å². The summed E-state index contributed by atoms with van der Waals surface area (Å²) in [4.78, 5) is 19.9. The van der Waals surface area contributed by atoms with Gasteiger partial charge in [0, 0.05) is 16.8 Å². The van der Waals surface area contributed by atoms with Crippen LogP contribution in [0.25, 0.3) is 11.0 Å². The molecule has 0 unspecified atom stereocenters. The molecule has 0 aliphatic rings. The largest absolute Gasteiger partial charge is 0.469 e. The second-order valence-corrected chi connectivity index (χ2v) is 4.07. The molecule has 0 saturated heterocycles. The summed E-state index contributed by atoms with van der Waals surface area (Å²) in [7, 11) is 1.35. The Morgan fingerprint density at radius 1 is 1.47 bits per heavy atom. The number of halogens is 1. The van der Waals surface area contributed by atoms with Crippen molar-refractivity contribution in [1.29, 1.82) is 0 Å². The molecule has 1 aromatic heterocycles. The van der Waals surface area contributed by atoms with Crippen molar-refractivity contribution in [3.05, 3.63) is 34.6 Å². The number of carbonyl (C=O) groups excluding carboxylic acids is 1. The number of aryl methyl sites for hydroxylation is 1. The first-order chi connectivity index (χ1) is 8.11. The van der Waals surface area contributed by atoms with Crippen LogP contribution in [0, 0.1) is 6.92 Å². The predicted molar refractivity (Wildman–Crippen MR) is 65.0 cm³/mol. The van der Waals surface area contributed by atoms with Crippen LogP contribution in [0.5, 0.6) is 0 Å². The fourth-order valence-electron chi connectivity index (χ4n) is 1.58. The van der Waals surface area contributed by atoms with E-state index in [9.17, 15) is 4.79 Å². The highest BCUT2D eigenvalue weighted by atomic mass is 35.5. The number of nitrogens with zero attached hydrogens (tertiary/aromatic N) is 2. The van der Waals surface area contributed by atoms with Crippen LogP contribution in [0.15, 0.2) is 18.3 Å². The van der Waals surface area contributed by atoms with E-state index < -0.39 is 0 Å². The van der Waals surface area contributed by atoms with E-state index in [1.807, 2.05) is 6.92 Å². The smallest absolute Gasteiger partial charge is 0.310 e. The Morgan fingerprint density at radius 2 is 2.24 bits per heavy atom. The van der Waals surface area contributed by atoms with Crippen molar-refractivity contribution in [1.82, 2.24) is 9.97 Å². The molecule has 0 atom stereocenters. The summed E-state index contributed by atoms with van der Waals surface area (Å²) < 4.78 is 4.64. The molecule has 1 heterocycles. The van der Waals surface area contributed by atoms with Crippen molar-refractivity contribution in [2.75, 3.05) is 7.11 Å².